The molecule has 1 heterocycles. The van der Waals surface area contributed by atoms with E-state index in [9.17, 15) is 9.90 Å². The number of Topliss-reactive ketones (excluding diaryl/α,β-unsaturated/α-hetero) is 1. The van der Waals surface area contributed by atoms with Crippen LogP contribution in [0, 0.1) is 0 Å². The Kier molecular flexibility index (Phi) is 5.83. The smallest absolute Gasteiger partial charge is 0.173 e. The van der Waals surface area contributed by atoms with E-state index in [4.69, 9.17) is 4.98 Å². The molecule has 0 saturated heterocycles. The molecule has 1 aromatic heterocycles. The number of ketones is 1. The molecule has 4 aromatic carbocycles. The van der Waals surface area contributed by atoms with Gasteiger partial charge < -0.3 is 9.67 Å². The van der Waals surface area contributed by atoms with Gasteiger partial charge >= 0.3 is 0 Å². The number of aliphatic hydroxyl groups is 1. The molecule has 0 fully saturated rings. The zero-order valence-corrected chi connectivity index (χ0v) is 19.1. The number of hydrogen-bond donors (Lipinski definition) is 1. The van der Waals surface area contributed by atoms with Crippen molar-refractivity contribution in [1.29, 1.82) is 0 Å². The normalized spacial score (nSPS) is 11.6. The molecule has 0 spiro atoms. The Labute approximate surface area is 199 Å². The number of aryl methyl sites for hydroxylation is 1. The molecule has 34 heavy (non-hydrogen) atoms. The van der Waals surface area contributed by atoms with Gasteiger partial charge in [0.2, 0.25) is 0 Å². The van der Waals surface area contributed by atoms with Gasteiger partial charge in [-0.25, -0.2) is 4.98 Å². The number of fused-ring (bicyclic) bond motifs is 1. The number of hydrogen-bond acceptors (Lipinski definition) is 3. The fourth-order valence-corrected chi connectivity index (χ4v) is 4.57. The van der Waals surface area contributed by atoms with E-state index in [0.717, 1.165) is 27.7 Å². The molecule has 0 aliphatic heterocycles. The minimum absolute atomic E-state index is 0.0767. The predicted molar refractivity (Wildman–Crippen MR) is 135 cm³/mol. The monoisotopic (exact) mass is 446 g/mol. The highest BCUT2D eigenvalue weighted by atomic mass is 16.3. The van der Waals surface area contributed by atoms with E-state index in [0.29, 0.717) is 24.4 Å². The van der Waals surface area contributed by atoms with Crippen LogP contribution in [0.5, 0.6) is 0 Å². The second-order valence-corrected chi connectivity index (χ2v) is 8.41. The van der Waals surface area contributed by atoms with Crippen molar-refractivity contribution in [3.63, 3.8) is 0 Å². The van der Waals surface area contributed by atoms with E-state index in [1.165, 1.54) is 0 Å². The van der Waals surface area contributed by atoms with Crippen LogP contribution in [0.2, 0.25) is 0 Å². The summed E-state index contributed by atoms with van der Waals surface area (Å²) in [6.45, 7) is 2.67. The van der Waals surface area contributed by atoms with Crippen molar-refractivity contribution in [3.05, 3.63) is 137 Å². The lowest BCUT2D eigenvalue weighted by atomic mass is 9.85. The third-order valence-corrected chi connectivity index (χ3v) is 6.30. The summed E-state index contributed by atoms with van der Waals surface area (Å²) in [5.74, 6) is 0.641. The maximum atomic E-state index is 12.8. The molecule has 5 rings (SSSR count). The van der Waals surface area contributed by atoms with Crippen LogP contribution in [0.3, 0.4) is 0 Å². The first-order valence-corrected chi connectivity index (χ1v) is 11.5. The summed E-state index contributed by atoms with van der Waals surface area (Å²) in [6.07, 6.45) is 0.311. The molecule has 0 amide bonds. The third kappa shape index (κ3) is 3.82. The van der Waals surface area contributed by atoms with E-state index >= 15 is 0 Å². The van der Waals surface area contributed by atoms with E-state index in [1.54, 1.807) is 0 Å². The lowest BCUT2D eigenvalue weighted by Crippen LogP contribution is -2.32. The summed E-state index contributed by atoms with van der Waals surface area (Å²) in [6, 6.07) is 34.5. The van der Waals surface area contributed by atoms with Gasteiger partial charge in [-0.2, -0.15) is 0 Å². The van der Waals surface area contributed by atoms with Crippen molar-refractivity contribution >= 4 is 16.8 Å². The van der Waals surface area contributed by atoms with Gasteiger partial charge in [-0.05, 0) is 35.7 Å². The molecule has 168 valence electrons. The van der Waals surface area contributed by atoms with Crippen LogP contribution in [-0.4, -0.2) is 20.4 Å². The Morgan fingerprint density at radius 1 is 0.824 bits per heavy atom. The van der Waals surface area contributed by atoms with E-state index < -0.39 is 5.60 Å². The van der Waals surface area contributed by atoms with Crippen LogP contribution in [0.25, 0.3) is 11.0 Å². The van der Waals surface area contributed by atoms with Gasteiger partial charge in [0.05, 0.1) is 11.0 Å². The van der Waals surface area contributed by atoms with Gasteiger partial charge in [0, 0.05) is 18.5 Å². The highest BCUT2D eigenvalue weighted by Gasteiger charge is 2.38. The lowest BCUT2D eigenvalue weighted by molar-refractivity contribution is 0.0993. The number of rotatable bonds is 7. The van der Waals surface area contributed by atoms with Gasteiger partial charge in [-0.15, -0.1) is 0 Å². The molecule has 1 N–H and O–H groups in total. The molecule has 0 atom stereocenters. The summed E-state index contributed by atoms with van der Waals surface area (Å²) in [5.41, 5.74) is 3.41. The molecule has 0 unspecified atom stereocenters. The van der Waals surface area contributed by atoms with Crippen LogP contribution < -0.4 is 0 Å². The highest BCUT2D eigenvalue weighted by Crippen LogP contribution is 2.37. The Morgan fingerprint density at radius 2 is 1.38 bits per heavy atom. The Balaban J connectivity index is 1.63. The first kappa shape index (κ1) is 21.8. The van der Waals surface area contributed by atoms with Crippen LogP contribution in [-0.2, 0) is 18.6 Å². The molecule has 0 aliphatic carbocycles. The summed E-state index contributed by atoms with van der Waals surface area (Å²) in [4.78, 5) is 17.7. The molecular weight excluding hydrogens is 420 g/mol. The average Bonchev–Trinajstić information content (AvgIpc) is 3.28. The summed E-state index contributed by atoms with van der Waals surface area (Å²) < 4.78 is 2.05. The maximum absolute atomic E-state index is 12.8. The minimum atomic E-state index is -1.42. The lowest BCUT2D eigenvalue weighted by Gasteiger charge is -2.29. The number of carbonyl (C=O) groups excluding carboxylic acids is 1. The third-order valence-electron chi connectivity index (χ3n) is 6.30. The number of benzene rings is 4. The van der Waals surface area contributed by atoms with Gasteiger partial charge in [0.25, 0.3) is 0 Å². The Bertz CT molecular complexity index is 1390. The van der Waals surface area contributed by atoms with E-state index in [-0.39, 0.29) is 5.78 Å². The van der Waals surface area contributed by atoms with Crippen LogP contribution >= 0.6 is 0 Å². The zero-order valence-electron chi connectivity index (χ0n) is 19.1. The summed E-state index contributed by atoms with van der Waals surface area (Å²) in [7, 11) is 0. The minimum Gasteiger partial charge on any atom is -0.373 e. The van der Waals surface area contributed by atoms with Gasteiger partial charge in [-0.3, -0.25) is 4.79 Å². The SMILES string of the molecule is CCn1c(C(O)(c2ccccc2)c2ccccc2)nc2ccc(CC(=O)c3ccccc3)cc21. The second kappa shape index (κ2) is 9.08. The fourth-order valence-electron chi connectivity index (χ4n) is 4.57. The molecule has 5 aromatic rings. The summed E-state index contributed by atoms with van der Waals surface area (Å²) in [5, 5.41) is 12.3. The molecular formula is C30H26N2O2. The van der Waals surface area contributed by atoms with E-state index in [1.807, 2.05) is 121 Å². The van der Waals surface area contributed by atoms with Crippen molar-refractivity contribution in [2.24, 2.45) is 0 Å². The topological polar surface area (TPSA) is 55.1 Å². The van der Waals surface area contributed by atoms with Crippen molar-refractivity contribution in [2.75, 3.05) is 0 Å². The Morgan fingerprint density at radius 3 is 1.94 bits per heavy atom. The first-order valence-electron chi connectivity index (χ1n) is 11.5. The quantitative estimate of drug-likeness (QED) is 0.323. The standard InChI is InChI=1S/C30H26N2O2/c1-2-32-27-20-22(21-28(33)23-12-6-3-7-13-23)18-19-26(27)31-29(32)30(34,24-14-8-4-9-15-24)25-16-10-5-11-17-25/h3-20,34H,2,21H2,1H3. The zero-order chi connectivity index (χ0) is 23.5. The molecule has 4 heteroatoms. The molecule has 0 bridgehead atoms. The maximum Gasteiger partial charge on any atom is 0.173 e. The fraction of sp³-hybridized carbons (Fsp3) is 0.133. The number of imidazole rings is 1. The first-order chi connectivity index (χ1) is 16.6. The predicted octanol–water partition coefficient (Wildman–Crippen LogP) is 5.77. The van der Waals surface area contributed by atoms with E-state index in [2.05, 4.69) is 0 Å². The second-order valence-electron chi connectivity index (χ2n) is 8.41. The van der Waals surface area contributed by atoms with Crippen LogP contribution in [0.15, 0.2) is 109 Å². The average molecular weight is 447 g/mol. The number of aromatic nitrogens is 2. The summed E-state index contributed by atoms with van der Waals surface area (Å²) >= 11 is 0. The number of nitrogens with zero attached hydrogens (tertiary/aromatic N) is 2. The molecule has 0 radical (unpaired) electrons. The number of carbonyl (C=O) groups is 1. The van der Waals surface area contributed by atoms with Crippen molar-refractivity contribution in [1.82, 2.24) is 9.55 Å². The van der Waals surface area contributed by atoms with Crippen LogP contribution in [0.1, 0.15) is 39.8 Å². The largest absolute Gasteiger partial charge is 0.373 e. The highest BCUT2D eigenvalue weighted by molar-refractivity contribution is 5.97. The van der Waals surface area contributed by atoms with Gasteiger partial charge in [-0.1, -0.05) is 97.1 Å². The van der Waals surface area contributed by atoms with Crippen molar-refractivity contribution in [2.45, 2.75) is 25.5 Å². The van der Waals surface area contributed by atoms with Crippen molar-refractivity contribution < 1.29 is 9.90 Å². The van der Waals surface area contributed by atoms with Gasteiger partial charge in [0.1, 0.15) is 0 Å². The van der Waals surface area contributed by atoms with Gasteiger partial charge in [0.15, 0.2) is 17.2 Å². The van der Waals surface area contributed by atoms with Crippen LogP contribution in [0.4, 0.5) is 0 Å². The molecule has 4 nitrogen and oxygen atoms in total. The molecule has 0 saturated carbocycles. The van der Waals surface area contributed by atoms with Crippen molar-refractivity contribution in [3.8, 4) is 0 Å². The molecule has 0 aliphatic rings. The Hall–Kier alpha value is -4.02.